The van der Waals surface area contributed by atoms with E-state index in [4.69, 9.17) is 4.74 Å². The van der Waals surface area contributed by atoms with E-state index in [0.717, 1.165) is 37.4 Å². The predicted molar refractivity (Wildman–Crippen MR) is 123 cm³/mol. The molecular formula is C27H35FN2O. The van der Waals surface area contributed by atoms with Gasteiger partial charge in [0.25, 0.3) is 0 Å². The van der Waals surface area contributed by atoms with Gasteiger partial charge >= 0.3 is 0 Å². The molecule has 2 atom stereocenters. The summed E-state index contributed by atoms with van der Waals surface area (Å²) < 4.78 is 19.5. The summed E-state index contributed by atoms with van der Waals surface area (Å²) >= 11 is 0. The van der Waals surface area contributed by atoms with Crippen LogP contribution in [-0.4, -0.2) is 49.1 Å². The standard InChI is InChI=1S/C27H35FN2O/c28-19-21-10-12-22(13-11-21)24-20-30-17-5-8-25(30)23-7-4-9-26(27(23)24)31-18-6-16-29-14-2-1-3-15-29/h4,7,9-13,24-25H,1-3,5-6,8,14-20H2/t24-,25-/m0/s1. The lowest BCUT2D eigenvalue weighted by molar-refractivity contribution is 0.200. The Morgan fingerprint density at radius 3 is 2.58 bits per heavy atom. The van der Waals surface area contributed by atoms with Crippen molar-refractivity contribution in [3.05, 3.63) is 64.7 Å². The number of nitrogens with zero attached hydrogens (tertiary/aromatic N) is 2. The first-order valence-corrected chi connectivity index (χ1v) is 12.2. The van der Waals surface area contributed by atoms with E-state index in [1.54, 1.807) is 0 Å². The largest absolute Gasteiger partial charge is 0.493 e. The van der Waals surface area contributed by atoms with Gasteiger partial charge in [0.05, 0.1) is 6.61 Å². The van der Waals surface area contributed by atoms with Gasteiger partial charge in [-0.1, -0.05) is 42.8 Å². The Kier molecular flexibility index (Phi) is 6.56. The second-order valence-electron chi connectivity index (χ2n) is 9.44. The minimum Gasteiger partial charge on any atom is -0.493 e. The molecule has 166 valence electrons. The molecule has 3 aliphatic heterocycles. The summed E-state index contributed by atoms with van der Waals surface area (Å²) in [7, 11) is 0. The number of halogens is 1. The van der Waals surface area contributed by atoms with E-state index in [1.807, 2.05) is 12.1 Å². The molecule has 3 nitrogen and oxygen atoms in total. The third kappa shape index (κ3) is 4.51. The highest BCUT2D eigenvalue weighted by atomic mass is 19.1. The van der Waals surface area contributed by atoms with Gasteiger partial charge in [-0.25, -0.2) is 4.39 Å². The molecule has 3 aliphatic rings. The first-order valence-electron chi connectivity index (χ1n) is 12.2. The van der Waals surface area contributed by atoms with Gasteiger partial charge in [-0.05, 0) is 74.5 Å². The fourth-order valence-corrected chi connectivity index (χ4v) is 5.84. The molecule has 0 spiro atoms. The number of likely N-dealkylation sites (tertiary alicyclic amines) is 1. The number of ether oxygens (including phenoxy) is 1. The molecule has 0 unspecified atom stereocenters. The Hall–Kier alpha value is -1.91. The Morgan fingerprint density at radius 2 is 1.77 bits per heavy atom. The molecule has 0 N–H and O–H groups in total. The van der Waals surface area contributed by atoms with E-state index in [2.05, 4.69) is 40.1 Å². The van der Waals surface area contributed by atoms with Crippen molar-refractivity contribution in [2.75, 3.05) is 39.3 Å². The quantitative estimate of drug-likeness (QED) is 0.533. The van der Waals surface area contributed by atoms with Crippen molar-refractivity contribution in [3.8, 4) is 5.75 Å². The number of fused-ring (bicyclic) bond motifs is 3. The molecule has 0 aliphatic carbocycles. The molecule has 0 amide bonds. The SMILES string of the molecule is FCc1ccc([C@@H]2CN3CCC[C@H]3c3cccc(OCCCN4CCCCC4)c32)cc1. The highest BCUT2D eigenvalue weighted by molar-refractivity contribution is 5.51. The minimum atomic E-state index is -0.402. The number of benzene rings is 2. The molecule has 2 saturated heterocycles. The third-order valence-electron chi connectivity index (χ3n) is 7.45. The number of rotatable bonds is 7. The summed E-state index contributed by atoms with van der Waals surface area (Å²) in [5.74, 6) is 1.35. The van der Waals surface area contributed by atoms with Crippen molar-refractivity contribution in [2.24, 2.45) is 0 Å². The molecule has 2 aromatic carbocycles. The zero-order chi connectivity index (χ0) is 21.0. The molecule has 0 bridgehead atoms. The number of alkyl halides is 1. The molecule has 0 radical (unpaired) electrons. The van der Waals surface area contributed by atoms with Crippen molar-refractivity contribution in [3.63, 3.8) is 0 Å². The van der Waals surface area contributed by atoms with Gasteiger partial charge in [-0.15, -0.1) is 0 Å². The van der Waals surface area contributed by atoms with Gasteiger partial charge < -0.3 is 9.64 Å². The van der Waals surface area contributed by atoms with Crippen molar-refractivity contribution in [2.45, 2.75) is 57.2 Å². The molecule has 0 saturated carbocycles. The average molecular weight is 423 g/mol. The second kappa shape index (κ2) is 9.70. The van der Waals surface area contributed by atoms with Gasteiger partial charge in [0, 0.05) is 30.6 Å². The Bertz CT molecular complexity index is 862. The van der Waals surface area contributed by atoms with Crippen molar-refractivity contribution in [1.29, 1.82) is 0 Å². The lowest BCUT2D eigenvalue weighted by Gasteiger charge is -2.38. The number of piperidine rings is 1. The van der Waals surface area contributed by atoms with Gasteiger partial charge in [0.15, 0.2) is 0 Å². The van der Waals surface area contributed by atoms with Crippen LogP contribution >= 0.6 is 0 Å². The highest BCUT2D eigenvalue weighted by Crippen LogP contribution is 2.47. The Balaban J connectivity index is 1.36. The first-order chi connectivity index (χ1) is 15.3. The van der Waals surface area contributed by atoms with Crippen LogP contribution in [0.15, 0.2) is 42.5 Å². The molecule has 31 heavy (non-hydrogen) atoms. The Morgan fingerprint density at radius 1 is 0.935 bits per heavy atom. The maximum atomic E-state index is 13.1. The van der Waals surface area contributed by atoms with Gasteiger partial charge in [0.2, 0.25) is 0 Å². The summed E-state index contributed by atoms with van der Waals surface area (Å²) in [6.45, 7) is 6.20. The van der Waals surface area contributed by atoms with E-state index in [9.17, 15) is 4.39 Å². The highest BCUT2D eigenvalue weighted by Gasteiger charge is 2.38. The van der Waals surface area contributed by atoms with E-state index in [1.165, 1.54) is 68.4 Å². The summed E-state index contributed by atoms with van der Waals surface area (Å²) in [6, 6.07) is 15.3. The lowest BCUT2D eigenvalue weighted by Crippen LogP contribution is -2.35. The smallest absolute Gasteiger partial charge is 0.123 e. The fraction of sp³-hybridized carbons (Fsp3) is 0.556. The number of hydrogen-bond donors (Lipinski definition) is 0. The van der Waals surface area contributed by atoms with Crippen LogP contribution in [0.3, 0.4) is 0 Å². The topological polar surface area (TPSA) is 15.7 Å². The van der Waals surface area contributed by atoms with Crippen LogP contribution in [0, 0.1) is 0 Å². The monoisotopic (exact) mass is 422 g/mol. The first kappa shape index (κ1) is 21.0. The normalized spacial score (nSPS) is 24.0. The zero-order valence-corrected chi connectivity index (χ0v) is 18.6. The van der Waals surface area contributed by atoms with Crippen LogP contribution in [0.5, 0.6) is 5.75 Å². The van der Waals surface area contributed by atoms with Gasteiger partial charge in [0.1, 0.15) is 12.4 Å². The molecule has 0 aromatic heterocycles. The van der Waals surface area contributed by atoms with Crippen LogP contribution in [0.1, 0.15) is 72.7 Å². The average Bonchev–Trinajstić information content (AvgIpc) is 3.31. The summed E-state index contributed by atoms with van der Waals surface area (Å²) in [5, 5.41) is 0. The molecule has 3 heterocycles. The second-order valence-corrected chi connectivity index (χ2v) is 9.44. The fourth-order valence-electron chi connectivity index (χ4n) is 5.84. The molecule has 2 fully saturated rings. The summed E-state index contributed by atoms with van der Waals surface area (Å²) in [5.41, 5.74) is 4.84. The third-order valence-corrected chi connectivity index (χ3v) is 7.45. The van der Waals surface area contributed by atoms with E-state index in [-0.39, 0.29) is 5.92 Å². The number of hydrogen-bond acceptors (Lipinski definition) is 3. The predicted octanol–water partition coefficient (Wildman–Crippen LogP) is 5.69. The lowest BCUT2D eigenvalue weighted by atomic mass is 9.81. The minimum absolute atomic E-state index is 0.288. The van der Waals surface area contributed by atoms with Crippen LogP contribution in [0.4, 0.5) is 4.39 Å². The molecule has 5 rings (SSSR count). The molecule has 2 aromatic rings. The van der Waals surface area contributed by atoms with E-state index >= 15 is 0 Å². The Labute approximate surface area is 186 Å². The van der Waals surface area contributed by atoms with Gasteiger partial charge in [-0.2, -0.15) is 0 Å². The van der Waals surface area contributed by atoms with E-state index in [0.29, 0.717) is 6.04 Å². The van der Waals surface area contributed by atoms with Crippen molar-refractivity contribution in [1.82, 2.24) is 9.80 Å². The summed E-state index contributed by atoms with van der Waals surface area (Å²) in [4.78, 5) is 5.22. The van der Waals surface area contributed by atoms with Crippen LogP contribution in [-0.2, 0) is 6.67 Å². The van der Waals surface area contributed by atoms with Crippen molar-refractivity contribution < 1.29 is 9.13 Å². The van der Waals surface area contributed by atoms with Crippen molar-refractivity contribution >= 4 is 0 Å². The maximum Gasteiger partial charge on any atom is 0.123 e. The van der Waals surface area contributed by atoms with Crippen LogP contribution < -0.4 is 4.74 Å². The van der Waals surface area contributed by atoms with Gasteiger partial charge in [-0.3, -0.25) is 4.90 Å². The summed E-state index contributed by atoms with van der Waals surface area (Å²) in [6.07, 6.45) is 7.64. The zero-order valence-electron chi connectivity index (χ0n) is 18.6. The molecule has 4 heteroatoms. The van der Waals surface area contributed by atoms with E-state index < -0.39 is 6.67 Å². The maximum absolute atomic E-state index is 13.1. The van der Waals surface area contributed by atoms with Crippen LogP contribution in [0.2, 0.25) is 0 Å². The van der Waals surface area contributed by atoms with Crippen LogP contribution in [0.25, 0.3) is 0 Å². The molecular weight excluding hydrogens is 387 g/mol.